The summed E-state index contributed by atoms with van der Waals surface area (Å²) in [6.07, 6.45) is 3.73. The van der Waals surface area contributed by atoms with E-state index in [-0.39, 0.29) is 0 Å². The third-order valence-corrected chi connectivity index (χ3v) is 3.56. The van der Waals surface area contributed by atoms with E-state index in [1.54, 1.807) is 5.54 Å². The molecule has 0 amide bonds. The van der Waals surface area contributed by atoms with Gasteiger partial charge in [-0.05, 0) is 42.9 Å². The predicted octanol–water partition coefficient (Wildman–Crippen LogP) is 3.80. The van der Waals surface area contributed by atoms with Gasteiger partial charge < -0.3 is 5.32 Å². The third kappa shape index (κ3) is 2.66. The standard InChI is InChI=1S/C14H18ClN/c1-11(9-15)10-16-14-8-4-6-12-5-2-3-7-13(12)14/h2-3,5,7,9,14,16H,4,6,8,10H2,1H3/b11-9-. The second kappa shape index (κ2) is 5.51. The van der Waals surface area contributed by atoms with Crippen molar-refractivity contribution >= 4 is 11.6 Å². The Bertz CT molecular complexity index is 384. The zero-order valence-corrected chi connectivity index (χ0v) is 10.4. The lowest BCUT2D eigenvalue weighted by molar-refractivity contribution is 0.476. The van der Waals surface area contributed by atoms with Gasteiger partial charge in [0.2, 0.25) is 0 Å². The van der Waals surface area contributed by atoms with Gasteiger partial charge in [0.15, 0.2) is 0 Å². The summed E-state index contributed by atoms with van der Waals surface area (Å²) in [5.41, 5.74) is 5.81. The Morgan fingerprint density at radius 3 is 3.12 bits per heavy atom. The Morgan fingerprint density at radius 2 is 2.31 bits per heavy atom. The predicted molar refractivity (Wildman–Crippen MR) is 69.7 cm³/mol. The number of fused-ring (bicyclic) bond motifs is 1. The number of hydrogen-bond donors (Lipinski definition) is 1. The summed E-state index contributed by atoms with van der Waals surface area (Å²) in [6.45, 7) is 2.93. The van der Waals surface area contributed by atoms with Gasteiger partial charge in [-0.3, -0.25) is 0 Å². The number of hydrogen-bond acceptors (Lipinski definition) is 1. The van der Waals surface area contributed by atoms with E-state index in [4.69, 9.17) is 11.6 Å². The topological polar surface area (TPSA) is 12.0 Å². The Balaban J connectivity index is 2.07. The van der Waals surface area contributed by atoms with Gasteiger partial charge >= 0.3 is 0 Å². The van der Waals surface area contributed by atoms with Crippen LogP contribution in [0.4, 0.5) is 0 Å². The van der Waals surface area contributed by atoms with E-state index in [0.717, 1.165) is 6.54 Å². The molecule has 0 bridgehead atoms. The summed E-state index contributed by atoms with van der Waals surface area (Å²) in [5.74, 6) is 0. The summed E-state index contributed by atoms with van der Waals surface area (Å²) < 4.78 is 0. The molecule has 0 heterocycles. The zero-order chi connectivity index (χ0) is 11.4. The van der Waals surface area contributed by atoms with Crippen molar-refractivity contribution in [2.24, 2.45) is 0 Å². The largest absolute Gasteiger partial charge is 0.306 e. The molecule has 0 fully saturated rings. The minimum atomic E-state index is 0.497. The van der Waals surface area contributed by atoms with Crippen molar-refractivity contribution in [3.8, 4) is 0 Å². The van der Waals surface area contributed by atoms with E-state index in [1.165, 1.54) is 36.0 Å². The summed E-state index contributed by atoms with van der Waals surface area (Å²) in [7, 11) is 0. The van der Waals surface area contributed by atoms with E-state index in [9.17, 15) is 0 Å². The van der Waals surface area contributed by atoms with E-state index in [1.807, 2.05) is 0 Å². The maximum atomic E-state index is 5.67. The van der Waals surface area contributed by atoms with Crippen LogP contribution < -0.4 is 5.32 Å². The molecular formula is C14H18ClN. The highest BCUT2D eigenvalue weighted by molar-refractivity contribution is 6.25. The molecule has 1 aromatic carbocycles. The summed E-state index contributed by atoms with van der Waals surface area (Å²) in [4.78, 5) is 0. The number of benzene rings is 1. The first-order valence-corrected chi connectivity index (χ1v) is 6.32. The maximum absolute atomic E-state index is 5.67. The lowest BCUT2D eigenvalue weighted by Gasteiger charge is -2.26. The minimum absolute atomic E-state index is 0.497. The Morgan fingerprint density at radius 1 is 1.50 bits per heavy atom. The van der Waals surface area contributed by atoms with Crippen LogP contribution >= 0.6 is 11.6 Å². The third-order valence-electron chi connectivity index (χ3n) is 3.18. The van der Waals surface area contributed by atoms with Crippen LogP contribution in [-0.4, -0.2) is 6.54 Å². The van der Waals surface area contributed by atoms with Gasteiger partial charge in [-0.1, -0.05) is 35.9 Å². The molecule has 1 aromatic rings. The van der Waals surface area contributed by atoms with Crippen LogP contribution in [0, 0.1) is 0 Å². The summed E-state index contributed by atoms with van der Waals surface area (Å²) in [6, 6.07) is 9.24. The van der Waals surface area contributed by atoms with Gasteiger partial charge in [0.1, 0.15) is 0 Å². The van der Waals surface area contributed by atoms with Crippen molar-refractivity contribution < 1.29 is 0 Å². The molecule has 0 radical (unpaired) electrons. The molecule has 0 spiro atoms. The lowest BCUT2D eigenvalue weighted by Crippen LogP contribution is -2.26. The quantitative estimate of drug-likeness (QED) is 0.841. The number of aryl methyl sites for hydroxylation is 1. The fourth-order valence-electron chi connectivity index (χ4n) is 2.29. The van der Waals surface area contributed by atoms with E-state index >= 15 is 0 Å². The Kier molecular flexibility index (Phi) is 4.03. The molecular weight excluding hydrogens is 218 g/mol. The first-order valence-electron chi connectivity index (χ1n) is 5.88. The molecule has 1 atom stereocenters. The summed E-state index contributed by atoms with van der Waals surface area (Å²) >= 11 is 5.67. The fraction of sp³-hybridized carbons (Fsp3) is 0.429. The van der Waals surface area contributed by atoms with Gasteiger partial charge in [-0.25, -0.2) is 0 Å². The van der Waals surface area contributed by atoms with Gasteiger partial charge in [0.05, 0.1) is 0 Å². The van der Waals surface area contributed by atoms with Crippen LogP contribution in [0.3, 0.4) is 0 Å². The van der Waals surface area contributed by atoms with Crippen LogP contribution in [-0.2, 0) is 6.42 Å². The molecule has 1 N–H and O–H groups in total. The number of rotatable bonds is 3. The smallest absolute Gasteiger partial charge is 0.0325 e. The van der Waals surface area contributed by atoms with Gasteiger partial charge in [-0.15, -0.1) is 0 Å². The van der Waals surface area contributed by atoms with Gasteiger partial charge in [-0.2, -0.15) is 0 Å². The molecule has 0 saturated heterocycles. The monoisotopic (exact) mass is 235 g/mol. The van der Waals surface area contributed by atoms with Crippen LogP contribution in [0.5, 0.6) is 0 Å². The van der Waals surface area contributed by atoms with Gasteiger partial charge in [0.25, 0.3) is 0 Å². The molecule has 1 unspecified atom stereocenters. The minimum Gasteiger partial charge on any atom is -0.306 e. The van der Waals surface area contributed by atoms with Crippen molar-refractivity contribution in [3.05, 3.63) is 46.5 Å². The van der Waals surface area contributed by atoms with Crippen molar-refractivity contribution in [2.75, 3.05) is 6.54 Å². The molecule has 0 aliphatic heterocycles. The molecule has 2 rings (SSSR count). The highest BCUT2D eigenvalue weighted by Gasteiger charge is 2.18. The number of nitrogens with one attached hydrogen (secondary N) is 1. The van der Waals surface area contributed by atoms with Crippen LogP contribution in [0.15, 0.2) is 35.4 Å². The molecule has 0 aromatic heterocycles. The summed E-state index contributed by atoms with van der Waals surface area (Å²) in [5, 5.41) is 3.58. The van der Waals surface area contributed by atoms with Crippen molar-refractivity contribution in [3.63, 3.8) is 0 Å². The maximum Gasteiger partial charge on any atom is 0.0325 e. The average molecular weight is 236 g/mol. The Hall–Kier alpha value is -0.790. The second-order valence-electron chi connectivity index (χ2n) is 4.48. The van der Waals surface area contributed by atoms with E-state index in [0.29, 0.717) is 6.04 Å². The molecule has 1 aliphatic carbocycles. The van der Waals surface area contributed by atoms with Crippen molar-refractivity contribution in [1.29, 1.82) is 0 Å². The first-order chi connectivity index (χ1) is 7.81. The first kappa shape index (κ1) is 11.7. The average Bonchev–Trinajstić information content (AvgIpc) is 2.35. The SMILES string of the molecule is C/C(=C/Cl)CNC1CCCc2ccccc21. The fourth-order valence-corrected chi connectivity index (χ4v) is 2.37. The van der Waals surface area contributed by atoms with E-state index in [2.05, 4.69) is 36.5 Å². The zero-order valence-electron chi connectivity index (χ0n) is 9.67. The van der Waals surface area contributed by atoms with Crippen LogP contribution in [0.2, 0.25) is 0 Å². The van der Waals surface area contributed by atoms with Crippen molar-refractivity contribution in [1.82, 2.24) is 5.32 Å². The molecule has 16 heavy (non-hydrogen) atoms. The van der Waals surface area contributed by atoms with Crippen LogP contribution in [0.25, 0.3) is 0 Å². The molecule has 1 aliphatic rings. The van der Waals surface area contributed by atoms with Crippen molar-refractivity contribution in [2.45, 2.75) is 32.2 Å². The Labute approximate surface area is 103 Å². The highest BCUT2D eigenvalue weighted by atomic mass is 35.5. The van der Waals surface area contributed by atoms with Gasteiger partial charge in [0, 0.05) is 18.1 Å². The van der Waals surface area contributed by atoms with Crippen LogP contribution in [0.1, 0.15) is 36.9 Å². The second-order valence-corrected chi connectivity index (χ2v) is 4.70. The lowest BCUT2D eigenvalue weighted by atomic mass is 9.88. The van der Waals surface area contributed by atoms with E-state index < -0.39 is 0 Å². The molecule has 2 heteroatoms. The number of halogens is 1. The highest BCUT2D eigenvalue weighted by Crippen LogP contribution is 2.29. The molecule has 1 nitrogen and oxygen atoms in total. The molecule has 0 saturated carbocycles. The molecule has 86 valence electrons. The normalized spacial score (nSPS) is 20.6.